The molecule has 0 amide bonds. The number of rotatable bonds is 5. The predicted octanol–water partition coefficient (Wildman–Crippen LogP) is 1.99. The van der Waals surface area contributed by atoms with Gasteiger partial charge in [0, 0.05) is 32.0 Å². The first-order valence-electron chi connectivity index (χ1n) is 5.59. The number of aryl methyl sites for hydroxylation is 1. The summed E-state index contributed by atoms with van der Waals surface area (Å²) in [5.74, 6) is 0.252. The summed E-state index contributed by atoms with van der Waals surface area (Å²) < 4.78 is 31.0. The van der Waals surface area contributed by atoms with E-state index in [9.17, 15) is 8.78 Å². The van der Waals surface area contributed by atoms with Crippen molar-refractivity contribution in [3.05, 3.63) is 47.1 Å². The molecule has 0 aliphatic heterocycles. The zero-order valence-corrected chi connectivity index (χ0v) is 9.91. The molecule has 1 N–H and O–H groups in total. The van der Waals surface area contributed by atoms with Crippen molar-refractivity contribution in [2.24, 2.45) is 0 Å². The van der Waals surface area contributed by atoms with Crippen LogP contribution in [0.15, 0.2) is 22.7 Å². The Kier molecular flexibility index (Phi) is 3.99. The van der Waals surface area contributed by atoms with Crippen molar-refractivity contribution in [1.82, 2.24) is 15.5 Å². The first kappa shape index (κ1) is 12.6. The van der Waals surface area contributed by atoms with Crippen LogP contribution in [-0.4, -0.2) is 16.7 Å². The zero-order valence-electron chi connectivity index (χ0n) is 9.91. The van der Waals surface area contributed by atoms with E-state index in [-0.39, 0.29) is 6.54 Å². The van der Waals surface area contributed by atoms with Gasteiger partial charge < -0.3 is 9.84 Å². The Bertz CT molecular complexity index is 528. The van der Waals surface area contributed by atoms with Gasteiger partial charge in [0.25, 0.3) is 0 Å². The molecule has 0 aliphatic carbocycles. The molecule has 0 radical (unpaired) electrons. The Hall–Kier alpha value is -1.82. The van der Waals surface area contributed by atoms with Gasteiger partial charge in [-0.15, -0.1) is 0 Å². The first-order valence-corrected chi connectivity index (χ1v) is 5.59. The maximum atomic E-state index is 13.3. The number of nitrogens with zero attached hydrogens (tertiary/aromatic N) is 2. The first-order chi connectivity index (χ1) is 8.65. The van der Waals surface area contributed by atoms with E-state index < -0.39 is 11.6 Å². The van der Waals surface area contributed by atoms with Crippen molar-refractivity contribution < 1.29 is 13.3 Å². The van der Waals surface area contributed by atoms with Crippen LogP contribution in [0.2, 0.25) is 0 Å². The second-order valence-corrected chi connectivity index (χ2v) is 3.89. The molecule has 96 valence electrons. The summed E-state index contributed by atoms with van der Waals surface area (Å²) in [5, 5.41) is 6.73. The van der Waals surface area contributed by atoms with Gasteiger partial charge in [-0.1, -0.05) is 5.16 Å². The van der Waals surface area contributed by atoms with Crippen LogP contribution < -0.4 is 5.32 Å². The summed E-state index contributed by atoms with van der Waals surface area (Å²) >= 11 is 0. The minimum Gasteiger partial charge on any atom is -0.340 e. The van der Waals surface area contributed by atoms with Gasteiger partial charge in [0.2, 0.25) is 5.89 Å². The average Bonchev–Trinajstić information content (AvgIpc) is 2.75. The fourth-order valence-electron chi connectivity index (χ4n) is 1.54. The highest BCUT2D eigenvalue weighted by Crippen LogP contribution is 2.09. The maximum Gasteiger partial charge on any atom is 0.223 e. The van der Waals surface area contributed by atoms with E-state index in [4.69, 9.17) is 4.52 Å². The van der Waals surface area contributed by atoms with Crippen molar-refractivity contribution in [2.75, 3.05) is 6.54 Å². The maximum absolute atomic E-state index is 13.3. The topological polar surface area (TPSA) is 51.0 Å². The Morgan fingerprint density at radius 1 is 1.33 bits per heavy atom. The van der Waals surface area contributed by atoms with Gasteiger partial charge >= 0.3 is 0 Å². The third-order valence-corrected chi connectivity index (χ3v) is 2.42. The molecule has 0 aliphatic rings. The van der Waals surface area contributed by atoms with E-state index in [1.54, 1.807) is 6.92 Å². The summed E-state index contributed by atoms with van der Waals surface area (Å²) in [6.07, 6.45) is 0.578. The van der Waals surface area contributed by atoms with E-state index in [0.29, 0.717) is 30.2 Å². The van der Waals surface area contributed by atoms with Gasteiger partial charge in [-0.25, -0.2) is 8.78 Å². The number of hydrogen-bond acceptors (Lipinski definition) is 4. The van der Waals surface area contributed by atoms with Crippen LogP contribution >= 0.6 is 0 Å². The number of aromatic nitrogens is 2. The second kappa shape index (κ2) is 5.68. The molecule has 1 heterocycles. The fourth-order valence-corrected chi connectivity index (χ4v) is 1.54. The van der Waals surface area contributed by atoms with Gasteiger partial charge in [0.05, 0.1) is 0 Å². The summed E-state index contributed by atoms with van der Waals surface area (Å²) in [5.41, 5.74) is 0.305. The van der Waals surface area contributed by atoms with Gasteiger partial charge in [-0.05, 0) is 18.2 Å². The molecule has 0 unspecified atom stereocenters. The Morgan fingerprint density at radius 3 is 2.89 bits per heavy atom. The zero-order chi connectivity index (χ0) is 13.0. The fraction of sp³-hybridized carbons (Fsp3) is 0.333. The van der Waals surface area contributed by atoms with Crippen LogP contribution in [0.3, 0.4) is 0 Å². The predicted molar refractivity (Wildman–Crippen MR) is 60.8 cm³/mol. The minimum absolute atomic E-state index is 0.264. The Labute approximate surface area is 103 Å². The van der Waals surface area contributed by atoms with Crippen molar-refractivity contribution in [1.29, 1.82) is 0 Å². The van der Waals surface area contributed by atoms with Crippen LogP contribution in [-0.2, 0) is 13.0 Å². The van der Waals surface area contributed by atoms with Crippen molar-refractivity contribution in [3.8, 4) is 0 Å². The summed E-state index contributed by atoms with van der Waals surface area (Å²) in [6.45, 7) is 2.54. The standard InChI is InChI=1S/C12H13F2N3O/c1-8-16-12(17-18-8)4-5-15-7-9-6-10(13)2-3-11(9)14/h2-3,6,15H,4-5,7H2,1H3. The third kappa shape index (κ3) is 3.33. The molecule has 0 atom stereocenters. The SMILES string of the molecule is Cc1nc(CCNCc2cc(F)ccc2F)no1. The van der Waals surface area contributed by atoms with E-state index in [0.717, 1.165) is 12.1 Å². The van der Waals surface area contributed by atoms with Gasteiger partial charge in [0.1, 0.15) is 11.6 Å². The lowest BCUT2D eigenvalue weighted by atomic mass is 10.2. The molecular formula is C12H13F2N3O. The monoisotopic (exact) mass is 253 g/mol. The molecule has 2 aromatic rings. The van der Waals surface area contributed by atoms with Crippen molar-refractivity contribution >= 4 is 0 Å². The van der Waals surface area contributed by atoms with E-state index in [1.165, 1.54) is 6.07 Å². The van der Waals surface area contributed by atoms with Gasteiger partial charge in [-0.3, -0.25) is 0 Å². The van der Waals surface area contributed by atoms with E-state index in [2.05, 4.69) is 15.5 Å². The lowest BCUT2D eigenvalue weighted by Gasteiger charge is -2.04. The van der Waals surface area contributed by atoms with Crippen LogP contribution in [0.1, 0.15) is 17.3 Å². The molecule has 4 nitrogen and oxygen atoms in total. The van der Waals surface area contributed by atoms with Crippen LogP contribution in [0.25, 0.3) is 0 Å². The highest BCUT2D eigenvalue weighted by molar-refractivity contribution is 5.18. The minimum atomic E-state index is -0.443. The number of benzene rings is 1. The van der Waals surface area contributed by atoms with E-state index >= 15 is 0 Å². The third-order valence-electron chi connectivity index (χ3n) is 2.42. The van der Waals surface area contributed by atoms with Crippen LogP contribution in [0.4, 0.5) is 8.78 Å². The Morgan fingerprint density at radius 2 is 2.17 bits per heavy atom. The van der Waals surface area contributed by atoms with Gasteiger partial charge in [-0.2, -0.15) is 4.98 Å². The molecule has 0 saturated heterocycles. The molecule has 0 fully saturated rings. The molecule has 0 spiro atoms. The molecule has 2 rings (SSSR count). The quantitative estimate of drug-likeness (QED) is 0.828. The molecule has 1 aromatic carbocycles. The molecule has 1 aromatic heterocycles. The largest absolute Gasteiger partial charge is 0.340 e. The number of hydrogen-bond donors (Lipinski definition) is 1. The lowest BCUT2D eigenvalue weighted by Crippen LogP contribution is -2.18. The second-order valence-electron chi connectivity index (χ2n) is 3.89. The highest BCUT2D eigenvalue weighted by atomic mass is 19.1. The molecule has 6 heteroatoms. The molecule has 0 saturated carbocycles. The van der Waals surface area contributed by atoms with E-state index in [1.807, 2.05) is 0 Å². The number of halogens is 2. The average molecular weight is 253 g/mol. The van der Waals surface area contributed by atoms with Crippen molar-refractivity contribution in [3.63, 3.8) is 0 Å². The van der Waals surface area contributed by atoms with Crippen molar-refractivity contribution in [2.45, 2.75) is 19.9 Å². The lowest BCUT2D eigenvalue weighted by molar-refractivity contribution is 0.387. The van der Waals surface area contributed by atoms with Crippen LogP contribution in [0.5, 0.6) is 0 Å². The summed E-state index contributed by atoms with van der Waals surface area (Å²) in [4.78, 5) is 4.04. The molecular weight excluding hydrogens is 240 g/mol. The number of nitrogens with one attached hydrogen (secondary N) is 1. The van der Waals surface area contributed by atoms with Gasteiger partial charge in [0.15, 0.2) is 5.82 Å². The highest BCUT2D eigenvalue weighted by Gasteiger charge is 2.04. The van der Waals surface area contributed by atoms with Crippen LogP contribution in [0, 0.1) is 18.6 Å². The summed E-state index contributed by atoms with van der Waals surface area (Å²) in [6, 6.07) is 3.40. The normalized spacial score (nSPS) is 10.8. The Balaban J connectivity index is 1.80. The molecule has 18 heavy (non-hydrogen) atoms. The summed E-state index contributed by atoms with van der Waals surface area (Å²) in [7, 11) is 0. The smallest absolute Gasteiger partial charge is 0.223 e. The molecule has 0 bridgehead atoms.